The van der Waals surface area contributed by atoms with E-state index in [1.807, 2.05) is 0 Å². The molecule has 2 fully saturated rings. The van der Waals surface area contributed by atoms with Crippen LogP contribution in [0.1, 0.15) is 56.5 Å². The van der Waals surface area contributed by atoms with Crippen LogP contribution in [0.15, 0.2) is 18.2 Å². The molecule has 31 heavy (non-hydrogen) atoms. The normalized spacial score (nSPS) is 30.5. The van der Waals surface area contributed by atoms with E-state index in [9.17, 15) is 24.9 Å². The van der Waals surface area contributed by atoms with Gasteiger partial charge in [-0.15, -0.1) is 0 Å². The molecule has 1 aromatic carbocycles. The average molecular weight is 429 g/mol. The first kappa shape index (κ1) is 20.3. The van der Waals surface area contributed by atoms with Gasteiger partial charge in [0.15, 0.2) is 0 Å². The first-order valence-corrected chi connectivity index (χ1v) is 10.5. The third kappa shape index (κ3) is 2.66. The van der Waals surface area contributed by atoms with Crippen LogP contribution >= 0.6 is 0 Å². The lowest BCUT2D eigenvalue weighted by molar-refractivity contribution is -0.234. The van der Waals surface area contributed by atoms with Gasteiger partial charge in [-0.2, -0.15) is 0 Å². The van der Waals surface area contributed by atoms with Crippen LogP contribution in [0.4, 0.5) is 0 Å². The summed E-state index contributed by atoms with van der Waals surface area (Å²) in [5.74, 6) is -0.477. The average Bonchev–Trinajstić information content (AvgIpc) is 3.34. The molecular weight excluding hydrogens is 402 g/mol. The van der Waals surface area contributed by atoms with Crippen molar-refractivity contribution in [2.45, 2.75) is 62.6 Å². The Hall–Kier alpha value is -2.62. The number of nitrogens with one attached hydrogen (secondary N) is 1. The van der Waals surface area contributed by atoms with Crippen LogP contribution in [-0.2, 0) is 9.59 Å². The quantitative estimate of drug-likeness (QED) is 0.576. The lowest BCUT2D eigenvalue weighted by Crippen LogP contribution is -2.74. The topological polar surface area (TPSA) is 126 Å². The molecule has 3 aliphatic heterocycles. The standard InChI is InChI=1S/C22H27N3O6/c1-21(2,29)10-15-17-16(12-7-6-11(31-3)9-13(12)23-17)18(26)22(30)20(28)24-8-4-5-14(24)19(27)25(15)22/h6-7,9,14-15,18,23,26,29-30H,4-5,8,10H2,1-3H3/t14?,15-,18-,22-/m0/s1. The molecule has 0 aliphatic carbocycles. The molecule has 4 atom stereocenters. The minimum absolute atomic E-state index is 0.0741. The Kier molecular flexibility index (Phi) is 4.22. The molecule has 166 valence electrons. The highest BCUT2D eigenvalue weighted by Crippen LogP contribution is 2.52. The van der Waals surface area contributed by atoms with Gasteiger partial charge in [0.05, 0.1) is 18.8 Å². The minimum atomic E-state index is -2.43. The fourth-order valence-electron chi connectivity index (χ4n) is 5.45. The van der Waals surface area contributed by atoms with E-state index in [1.54, 1.807) is 39.2 Å². The monoisotopic (exact) mass is 429 g/mol. The first-order valence-electron chi connectivity index (χ1n) is 10.5. The fraction of sp³-hybridized carbons (Fsp3) is 0.545. The number of carbonyl (C=O) groups is 2. The largest absolute Gasteiger partial charge is 0.497 e. The SMILES string of the molecule is COc1ccc2c3c([nH]c2c1)[C@H](CC(C)(C)O)N1C(=O)C2CCCN2C(=O)[C@@]1(O)[C@H]3O. The number of aromatic amines is 1. The number of amides is 2. The molecule has 9 heteroatoms. The zero-order valence-corrected chi connectivity index (χ0v) is 17.8. The van der Waals surface area contributed by atoms with Crippen LogP contribution in [0, 0.1) is 0 Å². The van der Waals surface area contributed by atoms with Crippen LogP contribution in [0.25, 0.3) is 10.9 Å². The van der Waals surface area contributed by atoms with Gasteiger partial charge in [0, 0.05) is 41.2 Å². The number of methoxy groups -OCH3 is 1. The number of benzene rings is 1. The van der Waals surface area contributed by atoms with E-state index in [0.29, 0.717) is 47.3 Å². The molecule has 9 nitrogen and oxygen atoms in total. The van der Waals surface area contributed by atoms with Crippen LogP contribution in [0.3, 0.4) is 0 Å². The number of hydrogen-bond donors (Lipinski definition) is 4. The predicted octanol–water partition coefficient (Wildman–Crippen LogP) is 0.947. The van der Waals surface area contributed by atoms with Crippen LogP contribution in [0.2, 0.25) is 0 Å². The van der Waals surface area contributed by atoms with E-state index in [1.165, 1.54) is 4.90 Å². The van der Waals surface area contributed by atoms with Crippen molar-refractivity contribution < 1.29 is 29.6 Å². The van der Waals surface area contributed by atoms with Crippen LogP contribution < -0.4 is 4.74 Å². The summed E-state index contributed by atoms with van der Waals surface area (Å²) in [6, 6.07) is 3.76. The zero-order valence-electron chi connectivity index (χ0n) is 17.8. The van der Waals surface area contributed by atoms with E-state index in [0.717, 1.165) is 4.90 Å². The van der Waals surface area contributed by atoms with Crippen LogP contribution in [0.5, 0.6) is 5.75 Å². The maximum Gasteiger partial charge on any atom is 0.279 e. The molecule has 1 unspecified atom stereocenters. The number of hydrogen-bond acceptors (Lipinski definition) is 6. The highest BCUT2D eigenvalue weighted by molar-refractivity contribution is 6.01. The lowest BCUT2D eigenvalue weighted by Gasteiger charge is -2.55. The molecule has 2 saturated heterocycles. The maximum atomic E-state index is 13.5. The van der Waals surface area contributed by atoms with E-state index in [2.05, 4.69) is 4.98 Å². The van der Waals surface area contributed by atoms with E-state index < -0.39 is 41.3 Å². The van der Waals surface area contributed by atoms with E-state index in [4.69, 9.17) is 4.74 Å². The second kappa shape index (κ2) is 6.44. The summed E-state index contributed by atoms with van der Waals surface area (Å²) in [7, 11) is 1.55. The van der Waals surface area contributed by atoms with E-state index >= 15 is 0 Å². The molecule has 0 radical (unpaired) electrons. The van der Waals surface area contributed by atoms with E-state index in [-0.39, 0.29) is 6.42 Å². The lowest BCUT2D eigenvalue weighted by atomic mass is 9.80. The number of ether oxygens (including phenoxy) is 1. The number of aliphatic hydroxyl groups excluding tert-OH is 1. The van der Waals surface area contributed by atoms with Gasteiger partial charge >= 0.3 is 0 Å². The van der Waals surface area contributed by atoms with Gasteiger partial charge in [-0.3, -0.25) is 14.5 Å². The first-order chi connectivity index (χ1) is 14.6. The summed E-state index contributed by atoms with van der Waals surface area (Å²) < 4.78 is 5.29. The molecule has 1 aromatic heterocycles. The second-order valence-electron chi connectivity index (χ2n) is 9.39. The molecule has 0 saturated carbocycles. The zero-order chi connectivity index (χ0) is 22.3. The Morgan fingerprint density at radius 2 is 2.06 bits per heavy atom. The van der Waals surface area contributed by atoms with Gasteiger partial charge in [-0.05, 0) is 38.8 Å². The Morgan fingerprint density at radius 3 is 2.74 bits per heavy atom. The smallest absolute Gasteiger partial charge is 0.279 e. The third-order valence-electron chi connectivity index (χ3n) is 6.79. The van der Waals surface area contributed by atoms with Crippen molar-refractivity contribution in [1.82, 2.24) is 14.8 Å². The third-order valence-corrected chi connectivity index (χ3v) is 6.79. The fourth-order valence-corrected chi connectivity index (χ4v) is 5.45. The number of nitrogens with zero attached hydrogens (tertiary/aromatic N) is 2. The highest BCUT2D eigenvalue weighted by atomic mass is 16.5. The molecule has 2 aromatic rings. The number of aliphatic hydroxyl groups is 3. The second-order valence-corrected chi connectivity index (χ2v) is 9.39. The predicted molar refractivity (Wildman–Crippen MR) is 110 cm³/mol. The van der Waals surface area contributed by atoms with Crippen molar-refractivity contribution in [3.05, 3.63) is 29.5 Å². The Balaban J connectivity index is 1.77. The molecule has 0 bridgehead atoms. The number of rotatable bonds is 3. The summed E-state index contributed by atoms with van der Waals surface area (Å²) in [4.78, 5) is 32.7. The van der Waals surface area contributed by atoms with Gasteiger partial charge in [-0.1, -0.05) is 0 Å². The summed E-state index contributed by atoms with van der Waals surface area (Å²) >= 11 is 0. The number of H-pyrrole nitrogens is 1. The summed E-state index contributed by atoms with van der Waals surface area (Å²) in [5, 5.41) is 34.3. The number of aromatic nitrogens is 1. The Bertz CT molecular complexity index is 1090. The molecule has 5 rings (SSSR count). The van der Waals surface area contributed by atoms with Crippen LogP contribution in [-0.4, -0.2) is 72.9 Å². The van der Waals surface area contributed by atoms with Gasteiger partial charge in [0.1, 0.15) is 17.9 Å². The molecule has 3 aliphatic rings. The summed E-state index contributed by atoms with van der Waals surface area (Å²) in [6.45, 7) is 3.59. The van der Waals surface area contributed by atoms with Crippen molar-refractivity contribution in [3.8, 4) is 5.75 Å². The summed E-state index contributed by atoms with van der Waals surface area (Å²) in [6.07, 6.45) is -0.392. The van der Waals surface area contributed by atoms with Gasteiger partial charge in [0.2, 0.25) is 5.91 Å². The highest BCUT2D eigenvalue weighted by Gasteiger charge is 2.65. The minimum Gasteiger partial charge on any atom is -0.497 e. The molecular formula is C22H27N3O6. The van der Waals surface area contributed by atoms with Crippen molar-refractivity contribution in [1.29, 1.82) is 0 Å². The number of piperazine rings is 1. The van der Waals surface area contributed by atoms with Gasteiger partial charge < -0.3 is 29.9 Å². The molecule has 4 N–H and O–H groups in total. The van der Waals surface area contributed by atoms with Crippen molar-refractivity contribution in [2.24, 2.45) is 0 Å². The number of fused-ring (bicyclic) bond motifs is 5. The maximum absolute atomic E-state index is 13.5. The number of carbonyl (C=O) groups excluding carboxylic acids is 2. The summed E-state index contributed by atoms with van der Waals surface area (Å²) in [5.41, 5.74) is -2.11. The molecule has 0 spiro atoms. The Labute approximate surface area is 179 Å². The van der Waals surface area contributed by atoms with Gasteiger partial charge in [0.25, 0.3) is 11.6 Å². The Morgan fingerprint density at radius 1 is 1.32 bits per heavy atom. The van der Waals surface area contributed by atoms with Crippen molar-refractivity contribution in [3.63, 3.8) is 0 Å². The molecule has 2 amide bonds. The molecule has 4 heterocycles. The van der Waals surface area contributed by atoms with Crippen molar-refractivity contribution in [2.75, 3.05) is 13.7 Å². The van der Waals surface area contributed by atoms with Crippen molar-refractivity contribution >= 4 is 22.7 Å². The van der Waals surface area contributed by atoms with Gasteiger partial charge in [-0.25, -0.2) is 0 Å².